The van der Waals surface area contributed by atoms with Crippen molar-refractivity contribution in [1.29, 1.82) is 0 Å². The van der Waals surface area contributed by atoms with Crippen molar-refractivity contribution in [2.24, 2.45) is 7.05 Å². The third-order valence-electron chi connectivity index (χ3n) is 2.78. The number of aromatic nitrogens is 2. The summed E-state index contributed by atoms with van der Waals surface area (Å²) in [7, 11) is 1.88. The Hall–Kier alpha value is -2.17. The zero-order chi connectivity index (χ0) is 13.1. The first-order valence-corrected chi connectivity index (χ1v) is 5.87. The largest absolute Gasteiger partial charge is 0.508 e. The molecule has 2 aromatic rings. The van der Waals surface area contributed by atoms with Crippen LogP contribution >= 0.6 is 0 Å². The Morgan fingerprint density at radius 1 is 1.33 bits per heavy atom. The van der Waals surface area contributed by atoms with Gasteiger partial charge in [-0.2, -0.15) is 5.10 Å². The summed E-state index contributed by atoms with van der Waals surface area (Å²) in [6.07, 6.45) is 2.76. The van der Waals surface area contributed by atoms with Gasteiger partial charge in [-0.05, 0) is 18.6 Å². The van der Waals surface area contributed by atoms with Gasteiger partial charge < -0.3 is 15.5 Å². The summed E-state index contributed by atoms with van der Waals surface area (Å²) in [6.45, 7) is 2.54. The zero-order valence-corrected chi connectivity index (χ0v) is 10.5. The number of anilines is 1. The van der Waals surface area contributed by atoms with E-state index in [1.807, 2.05) is 20.2 Å². The van der Waals surface area contributed by atoms with Crippen LogP contribution in [0.2, 0.25) is 0 Å². The maximum atomic E-state index is 9.68. The zero-order valence-electron chi connectivity index (χ0n) is 10.5. The molecule has 2 rings (SSSR count). The van der Waals surface area contributed by atoms with E-state index in [4.69, 9.17) is 0 Å². The Balaban J connectivity index is 2.11. The monoisotopic (exact) mass is 247 g/mol. The molecular formula is C13H17N3O2. The highest BCUT2D eigenvalue weighted by atomic mass is 16.3. The number of hydrogen-bond acceptors (Lipinski definition) is 4. The minimum Gasteiger partial charge on any atom is -0.508 e. The van der Waals surface area contributed by atoms with Gasteiger partial charge in [0.2, 0.25) is 0 Å². The minimum atomic E-state index is 0.0619. The quantitative estimate of drug-likeness (QED) is 0.773. The van der Waals surface area contributed by atoms with E-state index >= 15 is 0 Å². The molecule has 0 radical (unpaired) electrons. The maximum absolute atomic E-state index is 9.68. The van der Waals surface area contributed by atoms with Gasteiger partial charge in [0.25, 0.3) is 0 Å². The standard InChI is InChI=1S/C13H17N3O2/c1-3-11-12(8-16(2)15-11)14-7-9-4-5-10(17)6-13(9)18/h4-6,8,14,17-18H,3,7H2,1-2H3. The fraction of sp³-hybridized carbons (Fsp3) is 0.308. The second kappa shape index (κ2) is 5.00. The Morgan fingerprint density at radius 3 is 2.78 bits per heavy atom. The molecule has 0 saturated heterocycles. The van der Waals surface area contributed by atoms with Crippen molar-refractivity contribution in [3.63, 3.8) is 0 Å². The minimum absolute atomic E-state index is 0.0619. The Bertz CT molecular complexity index is 549. The molecular weight excluding hydrogens is 230 g/mol. The molecule has 0 unspecified atom stereocenters. The fourth-order valence-corrected chi connectivity index (χ4v) is 1.84. The first-order chi connectivity index (χ1) is 8.60. The Kier molecular flexibility index (Phi) is 3.41. The van der Waals surface area contributed by atoms with Gasteiger partial charge in [0.15, 0.2) is 0 Å². The summed E-state index contributed by atoms with van der Waals surface area (Å²) in [5.41, 5.74) is 2.70. The van der Waals surface area contributed by atoms with Gasteiger partial charge in [0.05, 0.1) is 11.4 Å². The lowest BCUT2D eigenvalue weighted by molar-refractivity contribution is 0.446. The molecule has 0 spiro atoms. The van der Waals surface area contributed by atoms with E-state index in [0.717, 1.165) is 23.4 Å². The number of phenols is 2. The molecule has 0 bridgehead atoms. The van der Waals surface area contributed by atoms with Gasteiger partial charge in [-0.3, -0.25) is 4.68 Å². The van der Waals surface area contributed by atoms with E-state index in [2.05, 4.69) is 10.4 Å². The van der Waals surface area contributed by atoms with Crippen LogP contribution in [0.3, 0.4) is 0 Å². The molecule has 5 nitrogen and oxygen atoms in total. The summed E-state index contributed by atoms with van der Waals surface area (Å²) < 4.78 is 1.76. The first-order valence-electron chi connectivity index (χ1n) is 5.87. The highest BCUT2D eigenvalue weighted by molar-refractivity contribution is 5.48. The smallest absolute Gasteiger partial charge is 0.124 e. The van der Waals surface area contributed by atoms with Crippen LogP contribution < -0.4 is 5.32 Å². The van der Waals surface area contributed by atoms with Gasteiger partial charge in [0, 0.05) is 31.4 Å². The molecule has 0 atom stereocenters. The molecule has 0 amide bonds. The fourth-order valence-electron chi connectivity index (χ4n) is 1.84. The summed E-state index contributed by atoms with van der Waals surface area (Å²) in [5, 5.41) is 26.5. The van der Waals surface area contributed by atoms with E-state index in [1.165, 1.54) is 6.07 Å². The molecule has 0 aliphatic rings. The lowest BCUT2D eigenvalue weighted by Gasteiger charge is -2.07. The third kappa shape index (κ3) is 2.56. The number of hydrogen-bond donors (Lipinski definition) is 3. The van der Waals surface area contributed by atoms with Gasteiger partial charge in [-0.15, -0.1) is 0 Å². The molecule has 0 saturated carbocycles. The van der Waals surface area contributed by atoms with Crippen molar-refractivity contribution in [2.45, 2.75) is 19.9 Å². The van der Waals surface area contributed by atoms with Gasteiger partial charge in [0.1, 0.15) is 11.5 Å². The van der Waals surface area contributed by atoms with Crippen molar-refractivity contribution in [2.75, 3.05) is 5.32 Å². The van der Waals surface area contributed by atoms with E-state index in [9.17, 15) is 10.2 Å². The number of aromatic hydroxyl groups is 2. The van der Waals surface area contributed by atoms with Crippen LogP contribution in [-0.2, 0) is 20.0 Å². The molecule has 1 aromatic heterocycles. The number of benzene rings is 1. The van der Waals surface area contributed by atoms with Crippen molar-refractivity contribution < 1.29 is 10.2 Å². The van der Waals surface area contributed by atoms with Crippen LogP contribution in [0.5, 0.6) is 11.5 Å². The average Bonchev–Trinajstić information content (AvgIpc) is 2.68. The van der Waals surface area contributed by atoms with E-state index in [-0.39, 0.29) is 11.5 Å². The molecule has 0 aliphatic carbocycles. The van der Waals surface area contributed by atoms with Gasteiger partial charge in [-0.1, -0.05) is 6.92 Å². The lowest BCUT2D eigenvalue weighted by atomic mass is 10.2. The maximum Gasteiger partial charge on any atom is 0.124 e. The second-order valence-corrected chi connectivity index (χ2v) is 4.18. The number of nitrogens with zero attached hydrogens (tertiary/aromatic N) is 2. The topological polar surface area (TPSA) is 70.3 Å². The molecule has 18 heavy (non-hydrogen) atoms. The molecule has 96 valence electrons. The van der Waals surface area contributed by atoms with Crippen LogP contribution in [0.25, 0.3) is 0 Å². The lowest BCUT2D eigenvalue weighted by Crippen LogP contribution is -2.00. The molecule has 1 aromatic carbocycles. The molecule has 0 fully saturated rings. The summed E-state index contributed by atoms with van der Waals surface area (Å²) in [5.74, 6) is 0.149. The molecule has 1 heterocycles. The number of phenolic OH excluding ortho intramolecular Hbond substituents is 2. The van der Waals surface area contributed by atoms with Crippen LogP contribution in [0.4, 0.5) is 5.69 Å². The Morgan fingerprint density at radius 2 is 2.11 bits per heavy atom. The van der Waals surface area contributed by atoms with Gasteiger partial charge in [-0.25, -0.2) is 0 Å². The van der Waals surface area contributed by atoms with E-state index < -0.39 is 0 Å². The van der Waals surface area contributed by atoms with E-state index in [1.54, 1.807) is 16.8 Å². The number of nitrogens with one attached hydrogen (secondary N) is 1. The summed E-state index contributed by atoms with van der Waals surface area (Å²) >= 11 is 0. The Labute approximate surface area is 106 Å². The van der Waals surface area contributed by atoms with E-state index in [0.29, 0.717) is 6.54 Å². The summed E-state index contributed by atoms with van der Waals surface area (Å²) in [6, 6.07) is 4.58. The second-order valence-electron chi connectivity index (χ2n) is 4.18. The van der Waals surface area contributed by atoms with Crippen LogP contribution in [0.1, 0.15) is 18.2 Å². The van der Waals surface area contributed by atoms with Crippen LogP contribution in [0.15, 0.2) is 24.4 Å². The van der Waals surface area contributed by atoms with Crippen molar-refractivity contribution in [3.05, 3.63) is 35.7 Å². The first kappa shape index (κ1) is 12.3. The SMILES string of the molecule is CCc1nn(C)cc1NCc1ccc(O)cc1O. The predicted octanol–water partition coefficient (Wildman–Crippen LogP) is 2.01. The van der Waals surface area contributed by atoms with Crippen LogP contribution in [0, 0.1) is 0 Å². The van der Waals surface area contributed by atoms with Crippen molar-refractivity contribution >= 4 is 5.69 Å². The highest BCUT2D eigenvalue weighted by Crippen LogP contribution is 2.24. The average molecular weight is 247 g/mol. The van der Waals surface area contributed by atoms with Crippen LogP contribution in [-0.4, -0.2) is 20.0 Å². The molecule has 3 N–H and O–H groups in total. The normalized spacial score (nSPS) is 10.6. The summed E-state index contributed by atoms with van der Waals surface area (Å²) in [4.78, 5) is 0. The number of aryl methyl sites for hydroxylation is 2. The predicted molar refractivity (Wildman–Crippen MR) is 69.7 cm³/mol. The molecule has 0 aliphatic heterocycles. The number of rotatable bonds is 4. The van der Waals surface area contributed by atoms with Crippen molar-refractivity contribution in [1.82, 2.24) is 9.78 Å². The highest BCUT2D eigenvalue weighted by Gasteiger charge is 2.07. The van der Waals surface area contributed by atoms with Crippen molar-refractivity contribution in [3.8, 4) is 11.5 Å². The third-order valence-corrected chi connectivity index (χ3v) is 2.78. The molecule has 5 heteroatoms. The van der Waals surface area contributed by atoms with Gasteiger partial charge >= 0.3 is 0 Å².